The Hall–Kier alpha value is -1.87. The molecule has 0 N–H and O–H groups in total. The summed E-state index contributed by atoms with van der Waals surface area (Å²) in [6, 6.07) is 14.2. The van der Waals surface area contributed by atoms with Gasteiger partial charge in [0.25, 0.3) is 0 Å². The van der Waals surface area contributed by atoms with Gasteiger partial charge in [-0.05, 0) is 49.4 Å². The van der Waals surface area contributed by atoms with Crippen LogP contribution in [0.5, 0.6) is 0 Å². The summed E-state index contributed by atoms with van der Waals surface area (Å²) in [5, 5.41) is 0.776. The highest BCUT2D eigenvalue weighted by Crippen LogP contribution is 2.35. The standard InChI is InChI=1S/C22H25ClN2O/c23-19-11-4-3-9-17(19)15-18-10-5-12-20(24-18)21-13-6-14-25(21)22(26)16-7-1-2-8-16/h3-5,9-12,16,21H,1-2,6-8,13-15H2. The molecule has 2 aromatic rings. The summed E-state index contributed by atoms with van der Waals surface area (Å²) in [7, 11) is 0. The first kappa shape index (κ1) is 17.5. The number of carbonyl (C=O) groups excluding carboxylic acids is 1. The van der Waals surface area contributed by atoms with Crippen LogP contribution in [-0.4, -0.2) is 22.3 Å². The van der Waals surface area contributed by atoms with Crippen LogP contribution in [0.2, 0.25) is 5.02 Å². The number of benzene rings is 1. The zero-order valence-corrected chi connectivity index (χ0v) is 15.8. The average Bonchev–Trinajstić information content (AvgIpc) is 3.35. The van der Waals surface area contributed by atoms with Gasteiger partial charge >= 0.3 is 0 Å². The summed E-state index contributed by atoms with van der Waals surface area (Å²) in [4.78, 5) is 19.9. The van der Waals surface area contributed by atoms with Gasteiger partial charge in [-0.2, -0.15) is 0 Å². The maximum atomic E-state index is 12.9. The number of pyridine rings is 1. The molecule has 1 atom stereocenters. The highest BCUT2D eigenvalue weighted by atomic mass is 35.5. The highest BCUT2D eigenvalue weighted by Gasteiger charge is 2.35. The van der Waals surface area contributed by atoms with Gasteiger partial charge in [-0.3, -0.25) is 9.78 Å². The van der Waals surface area contributed by atoms with Crippen molar-refractivity contribution in [3.05, 3.63) is 64.4 Å². The first-order chi connectivity index (χ1) is 12.7. The summed E-state index contributed by atoms with van der Waals surface area (Å²) in [6.45, 7) is 0.871. The van der Waals surface area contributed by atoms with Gasteiger partial charge in [0, 0.05) is 29.6 Å². The Bertz CT molecular complexity index is 785. The van der Waals surface area contributed by atoms with E-state index in [1.54, 1.807) is 0 Å². The van der Waals surface area contributed by atoms with Crippen LogP contribution in [0.4, 0.5) is 0 Å². The topological polar surface area (TPSA) is 33.2 Å². The minimum Gasteiger partial charge on any atom is -0.334 e. The van der Waals surface area contributed by atoms with E-state index in [9.17, 15) is 4.79 Å². The maximum absolute atomic E-state index is 12.9. The fraction of sp³-hybridized carbons (Fsp3) is 0.455. The SMILES string of the molecule is O=C(C1CCCC1)N1CCCC1c1cccc(Cc2ccccc2Cl)n1. The quantitative estimate of drug-likeness (QED) is 0.744. The van der Waals surface area contributed by atoms with Crippen LogP contribution >= 0.6 is 11.6 Å². The number of carbonyl (C=O) groups is 1. The summed E-state index contributed by atoms with van der Waals surface area (Å²) >= 11 is 6.30. The normalized spacial score (nSPS) is 20.7. The second kappa shape index (κ2) is 7.79. The minimum atomic E-state index is 0.134. The summed E-state index contributed by atoms with van der Waals surface area (Å²) in [5.41, 5.74) is 3.12. The fourth-order valence-corrected chi connectivity index (χ4v) is 4.57. The van der Waals surface area contributed by atoms with E-state index in [-0.39, 0.29) is 12.0 Å². The third-order valence-electron chi connectivity index (χ3n) is 5.74. The van der Waals surface area contributed by atoms with Gasteiger partial charge in [-0.25, -0.2) is 0 Å². The first-order valence-corrected chi connectivity index (χ1v) is 10.1. The molecule has 2 heterocycles. The average molecular weight is 369 g/mol. The molecular weight excluding hydrogens is 344 g/mol. The Morgan fingerprint density at radius 1 is 1.04 bits per heavy atom. The van der Waals surface area contributed by atoms with Crippen molar-refractivity contribution in [3.63, 3.8) is 0 Å². The summed E-state index contributed by atoms with van der Waals surface area (Å²) in [6.07, 6.45) is 7.31. The molecule has 26 heavy (non-hydrogen) atoms. The van der Waals surface area contributed by atoms with Crippen molar-refractivity contribution in [2.24, 2.45) is 5.92 Å². The fourth-order valence-electron chi connectivity index (χ4n) is 4.36. The minimum absolute atomic E-state index is 0.134. The molecule has 3 nitrogen and oxygen atoms in total. The van der Waals surface area contributed by atoms with Crippen LogP contribution in [0.25, 0.3) is 0 Å². The molecule has 4 heteroatoms. The number of nitrogens with zero attached hydrogens (tertiary/aromatic N) is 2. The van der Waals surface area contributed by atoms with Crippen LogP contribution < -0.4 is 0 Å². The van der Waals surface area contributed by atoms with E-state index >= 15 is 0 Å². The zero-order valence-electron chi connectivity index (χ0n) is 15.0. The Kier molecular flexibility index (Phi) is 5.26. The summed E-state index contributed by atoms with van der Waals surface area (Å²) in [5.74, 6) is 0.588. The molecule has 1 unspecified atom stereocenters. The molecule has 1 aliphatic carbocycles. The molecule has 0 spiro atoms. The van der Waals surface area contributed by atoms with E-state index < -0.39 is 0 Å². The maximum Gasteiger partial charge on any atom is 0.226 e. The van der Waals surface area contributed by atoms with Gasteiger partial charge in [0.1, 0.15) is 0 Å². The third-order valence-corrected chi connectivity index (χ3v) is 6.11. The van der Waals surface area contributed by atoms with Crippen molar-refractivity contribution in [2.75, 3.05) is 6.54 Å². The van der Waals surface area contributed by atoms with E-state index in [0.717, 1.165) is 60.6 Å². The van der Waals surface area contributed by atoms with E-state index in [4.69, 9.17) is 16.6 Å². The van der Waals surface area contributed by atoms with Crippen molar-refractivity contribution >= 4 is 17.5 Å². The molecule has 0 bridgehead atoms. The van der Waals surface area contributed by atoms with Crippen molar-refractivity contribution in [3.8, 4) is 0 Å². The van der Waals surface area contributed by atoms with Crippen molar-refractivity contribution < 1.29 is 4.79 Å². The zero-order chi connectivity index (χ0) is 17.9. The monoisotopic (exact) mass is 368 g/mol. The molecule has 136 valence electrons. The lowest BCUT2D eigenvalue weighted by Crippen LogP contribution is -2.35. The van der Waals surface area contributed by atoms with Gasteiger partial charge in [0.05, 0.1) is 11.7 Å². The molecule has 0 radical (unpaired) electrons. The van der Waals surface area contributed by atoms with Crippen LogP contribution in [-0.2, 0) is 11.2 Å². The van der Waals surface area contributed by atoms with Crippen molar-refractivity contribution in [2.45, 2.75) is 51.0 Å². The van der Waals surface area contributed by atoms with Crippen LogP contribution in [0.3, 0.4) is 0 Å². The van der Waals surface area contributed by atoms with E-state index in [2.05, 4.69) is 17.0 Å². The van der Waals surface area contributed by atoms with Crippen molar-refractivity contribution in [1.82, 2.24) is 9.88 Å². The number of aromatic nitrogens is 1. The number of hydrogen-bond acceptors (Lipinski definition) is 2. The number of halogens is 1. The number of rotatable bonds is 4. The second-order valence-corrected chi connectivity index (χ2v) is 7.90. The molecule has 2 fully saturated rings. The predicted octanol–water partition coefficient (Wildman–Crippen LogP) is 5.18. The van der Waals surface area contributed by atoms with Gasteiger partial charge in [-0.1, -0.05) is 48.7 Å². The Balaban J connectivity index is 1.53. The van der Waals surface area contributed by atoms with Gasteiger partial charge in [0.15, 0.2) is 0 Å². The molecule has 4 rings (SSSR count). The van der Waals surface area contributed by atoms with Crippen LogP contribution in [0, 0.1) is 5.92 Å². The Morgan fingerprint density at radius 3 is 2.65 bits per heavy atom. The number of amides is 1. The lowest BCUT2D eigenvalue weighted by molar-refractivity contribution is -0.136. The molecule has 1 amide bonds. The van der Waals surface area contributed by atoms with E-state index in [1.165, 1.54) is 12.8 Å². The molecule has 1 aromatic carbocycles. The van der Waals surface area contributed by atoms with Crippen LogP contribution in [0.1, 0.15) is 61.5 Å². The molecule has 1 aliphatic heterocycles. The Labute approximate surface area is 160 Å². The third kappa shape index (κ3) is 3.64. The predicted molar refractivity (Wildman–Crippen MR) is 104 cm³/mol. The van der Waals surface area contributed by atoms with Gasteiger partial charge in [0.2, 0.25) is 5.91 Å². The molecule has 1 saturated heterocycles. The van der Waals surface area contributed by atoms with Crippen molar-refractivity contribution in [1.29, 1.82) is 0 Å². The van der Waals surface area contributed by atoms with E-state index in [1.807, 2.05) is 30.3 Å². The number of hydrogen-bond donors (Lipinski definition) is 0. The molecule has 1 aromatic heterocycles. The summed E-state index contributed by atoms with van der Waals surface area (Å²) < 4.78 is 0. The van der Waals surface area contributed by atoms with Gasteiger partial charge < -0.3 is 4.90 Å². The van der Waals surface area contributed by atoms with Crippen LogP contribution in [0.15, 0.2) is 42.5 Å². The number of likely N-dealkylation sites (tertiary alicyclic amines) is 1. The largest absolute Gasteiger partial charge is 0.334 e. The highest BCUT2D eigenvalue weighted by molar-refractivity contribution is 6.31. The molecule has 2 aliphatic rings. The molecular formula is C22H25ClN2O. The molecule has 1 saturated carbocycles. The smallest absolute Gasteiger partial charge is 0.226 e. The van der Waals surface area contributed by atoms with Gasteiger partial charge in [-0.15, -0.1) is 0 Å². The lowest BCUT2D eigenvalue weighted by atomic mass is 10.0. The Morgan fingerprint density at radius 2 is 1.85 bits per heavy atom. The first-order valence-electron chi connectivity index (χ1n) is 9.72. The second-order valence-electron chi connectivity index (χ2n) is 7.49. The van der Waals surface area contributed by atoms with E-state index in [0.29, 0.717) is 5.91 Å². The lowest BCUT2D eigenvalue weighted by Gasteiger charge is -2.27.